The Morgan fingerprint density at radius 1 is 1.17 bits per heavy atom. The summed E-state index contributed by atoms with van der Waals surface area (Å²) in [5.74, 6) is 0.0943. The topological polar surface area (TPSA) is 49.4 Å². The van der Waals surface area contributed by atoms with Crippen LogP contribution in [-0.2, 0) is 11.3 Å². The molecule has 0 bridgehead atoms. The molecular formula is C19H20N2O2. The van der Waals surface area contributed by atoms with Gasteiger partial charge in [0, 0.05) is 30.8 Å². The number of hydrogen-bond acceptors (Lipinski definition) is 2. The summed E-state index contributed by atoms with van der Waals surface area (Å²) in [7, 11) is 0. The standard InChI is InChI=1S/C19H20N2O2/c1-14-6-2-3-9-17(14)19(23)20-16-8-4-7-15(12-16)13-21-11-5-10-18(21)22/h2-4,6-9,12H,5,10-11,13H2,1H3,(H,20,23). The molecule has 1 heterocycles. The van der Waals surface area contributed by atoms with Crippen LogP contribution >= 0.6 is 0 Å². The predicted octanol–water partition coefficient (Wildman–Crippen LogP) is 3.37. The zero-order valence-corrected chi connectivity index (χ0v) is 13.2. The van der Waals surface area contributed by atoms with Crippen LogP contribution in [0.2, 0.25) is 0 Å². The van der Waals surface area contributed by atoms with Crippen LogP contribution in [0.5, 0.6) is 0 Å². The zero-order chi connectivity index (χ0) is 16.2. The number of nitrogens with zero attached hydrogens (tertiary/aromatic N) is 1. The summed E-state index contributed by atoms with van der Waals surface area (Å²) in [6.07, 6.45) is 1.58. The van der Waals surface area contributed by atoms with Gasteiger partial charge in [-0.3, -0.25) is 9.59 Å². The first-order valence-electron chi connectivity index (χ1n) is 7.87. The molecule has 0 aromatic heterocycles. The highest BCUT2D eigenvalue weighted by atomic mass is 16.2. The number of nitrogens with one attached hydrogen (secondary N) is 1. The highest BCUT2D eigenvalue weighted by Crippen LogP contribution is 2.18. The van der Waals surface area contributed by atoms with E-state index in [4.69, 9.17) is 0 Å². The first-order chi connectivity index (χ1) is 11.1. The number of carbonyl (C=O) groups excluding carboxylic acids is 2. The number of likely N-dealkylation sites (tertiary alicyclic amines) is 1. The maximum Gasteiger partial charge on any atom is 0.255 e. The van der Waals surface area contributed by atoms with Crippen LogP contribution in [0.15, 0.2) is 48.5 Å². The molecule has 0 spiro atoms. The first-order valence-corrected chi connectivity index (χ1v) is 7.87. The van der Waals surface area contributed by atoms with Crippen molar-refractivity contribution in [2.45, 2.75) is 26.3 Å². The Hall–Kier alpha value is -2.62. The second kappa shape index (κ2) is 6.65. The number of carbonyl (C=O) groups is 2. The van der Waals surface area contributed by atoms with Crippen LogP contribution in [0.25, 0.3) is 0 Å². The van der Waals surface area contributed by atoms with Crippen molar-refractivity contribution >= 4 is 17.5 Å². The van der Waals surface area contributed by atoms with Crippen molar-refractivity contribution in [2.24, 2.45) is 0 Å². The predicted molar refractivity (Wildman–Crippen MR) is 90.2 cm³/mol. The highest BCUT2D eigenvalue weighted by Gasteiger charge is 2.20. The summed E-state index contributed by atoms with van der Waals surface area (Å²) in [5.41, 5.74) is 3.40. The molecular weight excluding hydrogens is 288 g/mol. The molecule has 1 saturated heterocycles. The van der Waals surface area contributed by atoms with Gasteiger partial charge in [-0.15, -0.1) is 0 Å². The minimum Gasteiger partial charge on any atom is -0.338 e. The molecule has 4 nitrogen and oxygen atoms in total. The van der Waals surface area contributed by atoms with E-state index < -0.39 is 0 Å². The maximum absolute atomic E-state index is 12.4. The molecule has 0 radical (unpaired) electrons. The van der Waals surface area contributed by atoms with Crippen LogP contribution in [0.1, 0.15) is 34.3 Å². The zero-order valence-electron chi connectivity index (χ0n) is 13.2. The van der Waals surface area contributed by atoms with Crippen molar-refractivity contribution in [3.05, 3.63) is 65.2 Å². The Balaban J connectivity index is 1.71. The molecule has 1 fully saturated rings. The van der Waals surface area contributed by atoms with E-state index in [1.54, 1.807) is 0 Å². The van der Waals surface area contributed by atoms with Crippen LogP contribution in [0.3, 0.4) is 0 Å². The molecule has 1 N–H and O–H groups in total. The molecule has 1 aliphatic heterocycles. The lowest BCUT2D eigenvalue weighted by Crippen LogP contribution is -2.23. The molecule has 0 saturated carbocycles. The number of aryl methyl sites for hydroxylation is 1. The van der Waals surface area contributed by atoms with Crippen molar-refractivity contribution in [2.75, 3.05) is 11.9 Å². The Morgan fingerprint density at radius 3 is 2.74 bits per heavy atom. The van der Waals surface area contributed by atoms with Gasteiger partial charge in [-0.25, -0.2) is 0 Å². The number of amides is 2. The van der Waals surface area contributed by atoms with Gasteiger partial charge < -0.3 is 10.2 Å². The molecule has 3 rings (SSSR count). The fourth-order valence-electron chi connectivity index (χ4n) is 2.87. The van der Waals surface area contributed by atoms with E-state index in [0.717, 1.165) is 29.8 Å². The highest BCUT2D eigenvalue weighted by molar-refractivity contribution is 6.05. The Kier molecular flexibility index (Phi) is 4.42. The molecule has 1 aliphatic rings. The molecule has 118 valence electrons. The van der Waals surface area contributed by atoms with E-state index in [2.05, 4.69) is 5.32 Å². The van der Waals surface area contributed by atoms with Gasteiger partial charge in [0.1, 0.15) is 0 Å². The van der Waals surface area contributed by atoms with Gasteiger partial charge in [0.15, 0.2) is 0 Å². The van der Waals surface area contributed by atoms with Crippen LogP contribution in [0.4, 0.5) is 5.69 Å². The number of hydrogen-bond donors (Lipinski definition) is 1. The van der Waals surface area contributed by atoms with Gasteiger partial charge in [0.25, 0.3) is 5.91 Å². The molecule has 23 heavy (non-hydrogen) atoms. The van der Waals surface area contributed by atoms with Crippen molar-refractivity contribution in [3.63, 3.8) is 0 Å². The average Bonchev–Trinajstić information content (AvgIpc) is 2.93. The van der Waals surface area contributed by atoms with Crippen molar-refractivity contribution < 1.29 is 9.59 Å². The van der Waals surface area contributed by atoms with Crippen molar-refractivity contribution in [1.82, 2.24) is 4.90 Å². The van der Waals surface area contributed by atoms with Crippen molar-refractivity contribution in [3.8, 4) is 0 Å². The lowest BCUT2D eigenvalue weighted by atomic mass is 10.1. The normalized spacial score (nSPS) is 14.1. The molecule has 2 amide bonds. The van der Waals surface area contributed by atoms with E-state index in [-0.39, 0.29) is 11.8 Å². The number of rotatable bonds is 4. The van der Waals surface area contributed by atoms with E-state index in [0.29, 0.717) is 18.5 Å². The minimum atomic E-state index is -0.113. The lowest BCUT2D eigenvalue weighted by molar-refractivity contribution is -0.128. The SMILES string of the molecule is Cc1ccccc1C(=O)Nc1cccc(CN2CCCC2=O)c1. The summed E-state index contributed by atoms with van der Waals surface area (Å²) in [4.78, 5) is 26.0. The fourth-order valence-corrected chi connectivity index (χ4v) is 2.87. The Morgan fingerprint density at radius 2 is 2.00 bits per heavy atom. The van der Waals surface area contributed by atoms with Gasteiger partial charge in [-0.1, -0.05) is 30.3 Å². The summed E-state index contributed by atoms with van der Waals surface area (Å²) in [5, 5.41) is 2.93. The maximum atomic E-state index is 12.4. The van der Waals surface area contributed by atoms with Crippen molar-refractivity contribution in [1.29, 1.82) is 0 Å². The van der Waals surface area contributed by atoms with E-state index in [9.17, 15) is 9.59 Å². The molecule has 0 unspecified atom stereocenters. The smallest absolute Gasteiger partial charge is 0.255 e. The van der Waals surface area contributed by atoms with Gasteiger partial charge in [0.05, 0.1) is 0 Å². The molecule has 4 heteroatoms. The minimum absolute atomic E-state index is 0.113. The van der Waals surface area contributed by atoms with Gasteiger partial charge in [-0.05, 0) is 42.7 Å². The third kappa shape index (κ3) is 3.59. The van der Waals surface area contributed by atoms with Gasteiger partial charge in [0.2, 0.25) is 5.91 Å². The Bertz CT molecular complexity index is 740. The molecule has 2 aromatic carbocycles. The van der Waals surface area contributed by atoms with Gasteiger partial charge >= 0.3 is 0 Å². The second-order valence-electron chi connectivity index (χ2n) is 5.89. The monoisotopic (exact) mass is 308 g/mol. The molecule has 0 aliphatic carbocycles. The van der Waals surface area contributed by atoms with Crippen LogP contribution in [0, 0.1) is 6.92 Å². The van der Waals surface area contributed by atoms with E-state index in [1.807, 2.05) is 60.4 Å². The second-order valence-corrected chi connectivity index (χ2v) is 5.89. The lowest BCUT2D eigenvalue weighted by Gasteiger charge is -2.16. The molecule has 2 aromatic rings. The third-order valence-corrected chi connectivity index (χ3v) is 4.12. The third-order valence-electron chi connectivity index (χ3n) is 4.12. The summed E-state index contributed by atoms with van der Waals surface area (Å²) >= 11 is 0. The van der Waals surface area contributed by atoms with E-state index in [1.165, 1.54) is 0 Å². The largest absolute Gasteiger partial charge is 0.338 e. The average molecular weight is 308 g/mol. The number of anilines is 1. The summed E-state index contributed by atoms with van der Waals surface area (Å²) < 4.78 is 0. The van der Waals surface area contributed by atoms with Gasteiger partial charge in [-0.2, -0.15) is 0 Å². The summed E-state index contributed by atoms with van der Waals surface area (Å²) in [6.45, 7) is 3.34. The quantitative estimate of drug-likeness (QED) is 0.941. The fraction of sp³-hybridized carbons (Fsp3) is 0.263. The summed E-state index contributed by atoms with van der Waals surface area (Å²) in [6, 6.07) is 15.2. The van der Waals surface area contributed by atoms with Crippen LogP contribution in [-0.4, -0.2) is 23.3 Å². The first kappa shape index (κ1) is 15.3. The number of benzene rings is 2. The Labute approximate surface area is 136 Å². The van der Waals surface area contributed by atoms with E-state index >= 15 is 0 Å². The van der Waals surface area contributed by atoms with Crippen LogP contribution < -0.4 is 5.32 Å². The molecule has 0 atom stereocenters.